The van der Waals surface area contributed by atoms with Gasteiger partial charge in [0.15, 0.2) is 0 Å². The molecule has 22 heavy (non-hydrogen) atoms. The molecule has 3 rings (SSSR count). The molecule has 0 amide bonds. The first kappa shape index (κ1) is 14.1. The molecular weight excluding hydrogens is 287 g/mol. The molecule has 0 unspecified atom stereocenters. The average molecular weight is 300 g/mol. The fraction of sp³-hybridized carbons (Fsp3) is 0.267. The van der Waals surface area contributed by atoms with Crippen LogP contribution in [0, 0.1) is 17.1 Å². The summed E-state index contributed by atoms with van der Waals surface area (Å²) in [5.41, 5.74) is 0.331. The van der Waals surface area contributed by atoms with Gasteiger partial charge in [-0.2, -0.15) is 10.2 Å². The van der Waals surface area contributed by atoms with Crippen molar-refractivity contribution in [2.24, 2.45) is 0 Å². The Balaban J connectivity index is 1.79. The van der Waals surface area contributed by atoms with Crippen LogP contribution in [0.1, 0.15) is 18.1 Å². The Labute approximate surface area is 125 Å². The first-order valence-electron chi connectivity index (χ1n) is 6.76. The Bertz CT molecular complexity index is 825. The second-order valence-electron chi connectivity index (χ2n) is 5.17. The van der Waals surface area contributed by atoms with E-state index < -0.39 is 5.82 Å². The van der Waals surface area contributed by atoms with Crippen molar-refractivity contribution in [2.75, 3.05) is 5.32 Å². The number of rotatable bonds is 3. The maximum atomic E-state index is 13.3. The minimum atomic E-state index is -0.505. The zero-order valence-corrected chi connectivity index (χ0v) is 11.8. The van der Waals surface area contributed by atoms with E-state index in [1.165, 1.54) is 16.7 Å². The van der Waals surface area contributed by atoms with E-state index in [1.54, 1.807) is 6.07 Å². The molecule has 0 spiro atoms. The van der Waals surface area contributed by atoms with Crippen LogP contribution >= 0.6 is 0 Å². The van der Waals surface area contributed by atoms with Gasteiger partial charge in [-0.05, 0) is 30.7 Å². The van der Waals surface area contributed by atoms with Gasteiger partial charge in [0.05, 0.1) is 11.6 Å². The largest absolute Gasteiger partial charge is 0.473 e. The molecule has 0 aliphatic carbocycles. The lowest BCUT2D eigenvalue weighted by Crippen LogP contribution is -2.22. The molecule has 6 nitrogen and oxygen atoms in total. The maximum absolute atomic E-state index is 13.3. The van der Waals surface area contributed by atoms with Crippen molar-refractivity contribution in [1.82, 2.24) is 9.55 Å². The minimum absolute atomic E-state index is 0.0257. The normalized spacial score (nSPS) is 15.8. The number of hydrogen-bond acceptors (Lipinski definition) is 5. The Morgan fingerprint density at radius 1 is 1.50 bits per heavy atom. The molecule has 1 N–H and O–H groups in total. The van der Waals surface area contributed by atoms with Crippen LogP contribution in [-0.2, 0) is 13.2 Å². The smallest absolute Gasteiger partial charge is 0.352 e. The highest BCUT2D eigenvalue weighted by atomic mass is 19.1. The molecule has 1 aliphatic heterocycles. The van der Waals surface area contributed by atoms with Gasteiger partial charge in [-0.25, -0.2) is 9.18 Å². The summed E-state index contributed by atoms with van der Waals surface area (Å²) in [4.78, 5) is 15.7. The Morgan fingerprint density at radius 2 is 2.32 bits per heavy atom. The van der Waals surface area contributed by atoms with Gasteiger partial charge in [0.25, 0.3) is 0 Å². The quantitative estimate of drug-likeness (QED) is 0.932. The summed E-state index contributed by atoms with van der Waals surface area (Å²) in [5.74, 6) is 0.315. The van der Waals surface area contributed by atoms with Crippen molar-refractivity contribution in [3.8, 4) is 11.9 Å². The molecule has 7 heteroatoms. The SMILES string of the molecule is C[C@H]1Cn2c(cc(OCc3cc(F)cc(C#N)c3)nc2=O)N1. The maximum Gasteiger partial charge on any atom is 0.352 e. The Kier molecular flexibility index (Phi) is 3.51. The monoisotopic (exact) mass is 300 g/mol. The van der Waals surface area contributed by atoms with Gasteiger partial charge in [0.1, 0.15) is 18.2 Å². The molecule has 0 bridgehead atoms. The molecule has 112 valence electrons. The molecule has 0 saturated carbocycles. The van der Waals surface area contributed by atoms with E-state index in [9.17, 15) is 9.18 Å². The van der Waals surface area contributed by atoms with E-state index in [4.69, 9.17) is 10.00 Å². The van der Waals surface area contributed by atoms with Crippen LogP contribution < -0.4 is 15.7 Å². The van der Waals surface area contributed by atoms with Gasteiger partial charge in [0.2, 0.25) is 5.88 Å². The topological polar surface area (TPSA) is 79.9 Å². The summed E-state index contributed by atoms with van der Waals surface area (Å²) in [7, 11) is 0. The van der Waals surface area contributed by atoms with Crippen LogP contribution in [-0.4, -0.2) is 15.6 Å². The Hall–Kier alpha value is -2.88. The van der Waals surface area contributed by atoms with Gasteiger partial charge in [0, 0.05) is 18.7 Å². The van der Waals surface area contributed by atoms with Crippen molar-refractivity contribution >= 4 is 5.82 Å². The predicted molar refractivity (Wildman–Crippen MR) is 77.0 cm³/mol. The van der Waals surface area contributed by atoms with E-state index in [0.717, 1.165) is 6.07 Å². The summed E-state index contributed by atoms with van der Waals surface area (Å²) in [6, 6.07) is 7.63. The Morgan fingerprint density at radius 3 is 3.09 bits per heavy atom. The van der Waals surface area contributed by atoms with Crippen LogP contribution in [0.25, 0.3) is 0 Å². The fourth-order valence-corrected chi connectivity index (χ4v) is 2.38. The van der Waals surface area contributed by atoms with Crippen molar-refractivity contribution in [1.29, 1.82) is 5.26 Å². The molecular formula is C15H13FN4O2. The number of aromatic nitrogens is 2. The summed E-state index contributed by atoms with van der Waals surface area (Å²) in [6.07, 6.45) is 0. The third-order valence-electron chi connectivity index (χ3n) is 3.31. The summed E-state index contributed by atoms with van der Waals surface area (Å²) in [5, 5.41) is 12.0. The highest BCUT2D eigenvalue weighted by Crippen LogP contribution is 2.20. The highest BCUT2D eigenvalue weighted by Gasteiger charge is 2.19. The second-order valence-corrected chi connectivity index (χ2v) is 5.17. The number of nitriles is 1. The molecule has 1 aromatic heterocycles. The average Bonchev–Trinajstić information content (AvgIpc) is 2.85. The second kappa shape index (κ2) is 5.48. The number of anilines is 1. The zero-order valence-electron chi connectivity index (χ0n) is 11.8. The third kappa shape index (κ3) is 2.76. The lowest BCUT2D eigenvalue weighted by molar-refractivity contribution is 0.291. The number of fused-ring (bicyclic) bond motifs is 1. The van der Waals surface area contributed by atoms with E-state index in [0.29, 0.717) is 17.9 Å². The molecule has 0 radical (unpaired) electrons. The fourth-order valence-electron chi connectivity index (χ4n) is 2.38. The van der Waals surface area contributed by atoms with E-state index in [2.05, 4.69) is 10.3 Å². The highest BCUT2D eigenvalue weighted by molar-refractivity contribution is 5.43. The van der Waals surface area contributed by atoms with Crippen LogP contribution in [0.15, 0.2) is 29.1 Å². The summed E-state index contributed by atoms with van der Waals surface area (Å²) >= 11 is 0. The molecule has 2 aromatic rings. The number of nitrogens with one attached hydrogen (secondary N) is 1. The van der Waals surface area contributed by atoms with Gasteiger partial charge in [-0.3, -0.25) is 4.57 Å². The summed E-state index contributed by atoms with van der Waals surface area (Å²) < 4.78 is 20.3. The summed E-state index contributed by atoms with van der Waals surface area (Å²) in [6.45, 7) is 2.55. The van der Waals surface area contributed by atoms with Gasteiger partial charge in [-0.1, -0.05) is 0 Å². The third-order valence-corrected chi connectivity index (χ3v) is 3.31. The number of benzene rings is 1. The van der Waals surface area contributed by atoms with Crippen LogP contribution in [0.3, 0.4) is 0 Å². The molecule has 0 saturated heterocycles. The number of nitrogens with zero attached hydrogens (tertiary/aromatic N) is 3. The van der Waals surface area contributed by atoms with Gasteiger partial charge in [-0.15, -0.1) is 0 Å². The van der Waals surface area contributed by atoms with Crippen LogP contribution in [0.2, 0.25) is 0 Å². The minimum Gasteiger partial charge on any atom is -0.473 e. The van der Waals surface area contributed by atoms with Crippen molar-refractivity contribution in [3.05, 3.63) is 51.7 Å². The van der Waals surface area contributed by atoms with E-state index >= 15 is 0 Å². The predicted octanol–water partition coefficient (Wildman–Crippen LogP) is 1.65. The lowest BCUT2D eigenvalue weighted by atomic mass is 10.1. The first-order valence-corrected chi connectivity index (χ1v) is 6.76. The van der Waals surface area contributed by atoms with Crippen molar-refractivity contribution < 1.29 is 9.13 Å². The van der Waals surface area contributed by atoms with Crippen LogP contribution in [0.5, 0.6) is 5.88 Å². The van der Waals surface area contributed by atoms with E-state index in [1.807, 2.05) is 13.0 Å². The van der Waals surface area contributed by atoms with Gasteiger partial charge >= 0.3 is 5.69 Å². The number of halogens is 1. The first-order chi connectivity index (χ1) is 10.5. The van der Waals surface area contributed by atoms with Gasteiger partial charge < -0.3 is 10.1 Å². The number of ether oxygens (including phenoxy) is 1. The van der Waals surface area contributed by atoms with Crippen LogP contribution in [0.4, 0.5) is 10.2 Å². The molecule has 2 heterocycles. The number of hydrogen-bond donors (Lipinski definition) is 1. The molecule has 1 aromatic carbocycles. The molecule has 1 atom stereocenters. The zero-order chi connectivity index (χ0) is 15.7. The van der Waals surface area contributed by atoms with Crippen molar-refractivity contribution in [2.45, 2.75) is 26.1 Å². The molecule has 0 fully saturated rings. The standard InChI is InChI=1S/C15H13FN4O2/c1-9-7-20-13(18-9)5-14(19-15(20)21)22-8-11-2-10(6-17)3-12(16)4-11/h2-5,9,18H,7-8H2,1H3/t9-/m0/s1. The lowest BCUT2D eigenvalue weighted by Gasteiger charge is -2.08. The van der Waals surface area contributed by atoms with E-state index in [-0.39, 0.29) is 29.8 Å². The van der Waals surface area contributed by atoms with Crippen molar-refractivity contribution in [3.63, 3.8) is 0 Å². The molecule has 1 aliphatic rings.